The maximum absolute atomic E-state index is 11.7. The fourth-order valence-corrected chi connectivity index (χ4v) is 3.03. The summed E-state index contributed by atoms with van der Waals surface area (Å²) in [4.78, 5) is 13.4. The molecule has 0 spiro atoms. The van der Waals surface area contributed by atoms with Crippen LogP contribution in [0.2, 0.25) is 5.02 Å². The first kappa shape index (κ1) is 11.1. The minimum absolute atomic E-state index is 0.147. The van der Waals surface area contributed by atoms with E-state index < -0.39 is 6.10 Å². The van der Waals surface area contributed by atoms with Crippen LogP contribution in [0.3, 0.4) is 0 Å². The molecule has 1 N–H and O–H groups in total. The summed E-state index contributed by atoms with van der Waals surface area (Å²) in [5, 5.41) is 10.6. The maximum Gasteiger partial charge on any atom is 0.227 e. The number of aliphatic hydroxyl groups excluding tert-OH is 1. The zero-order chi connectivity index (χ0) is 12.0. The molecule has 0 bridgehead atoms. The highest BCUT2D eigenvalue weighted by Gasteiger charge is 2.27. The van der Waals surface area contributed by atoms with E-state index in [2.05, 4.69) is 0 Å². The molecular weight excluding hydrogens is 238 g/mol. The van der Waals surface area contributed by atoms with Crippen LogP contribution in [-0.2, 0) is 11.2 Å². The molecule has 1 amide bonds. The van der Waals surface area contributed by atoms with Gasteiger partial charge in [-0.25, -0.2) is 0 Å². The van der Waals surface area contributed by atoms with Crippen molar-refractivity contribution in [1.82, 2.24) is 0 Å². The van der Waals surface area contributed by atoms with Crippen molar-refractivity contribution in [3.8, 4) is 0 Å². The molecule has 1 aromatic rings. The number of fused-ring (bicyclic) bond motifs is 1. The van der Waals surface area contributed by atoms with Crippen LogP contribution in [0.15, 0.2) is 12.1 Å². The lowest BCUT2D eigenvalue weighted by Crippen LogP contribution is -2.23. The van der Waals surface area contributed by atoms with Crippen molar-refractivity contribution in [2.75, 3.05) is 11.4 Å². The van der Waals surface area contributed by atoms with Crippen molar-refractivity contribution in [3.63, 3.8) is 0 Å². The number of benzene rings is 1. The molecule has 1 aliphatic heterocycles. The summed E-state index contributed by atoms with van der Waals surface area (Å²) in [5.74, 6) is 0.147. The number of halogens is 1. The van der Waals surface area contributed by atoms with E-state index in [-0.39, 0.29) is 5.91 Å². The van der Waals surface area contributed by atoms with Gasteiger partial charge in [-0.1, -0.05) is 11.6 Å². The summed E-state index contributed by atoms with van der Waals surface area (Å²) in [6, 6.07) is 3.77. The Labute approximate surface area is 105 Å². The highest BCUT2D eigenvalue weighted by atomic mass is 35.5. The van der Waals surface area contributed by atoms with Crippen LogP contribution in [0.1, 0.15) is 36.5 Å². The summed E-state index contributed by atoms with van der Waals surface area (Å²) in [7, 11) is 0. The van der Waals surface area contributed by atoms with E-state index >= 15 is 0 Å². The Morgan fingerprint density at radius 1 is 1.35 bits per heavy atom. The highest BCUT2D eigenvalue weighted by molar-refractivity contribution is 6.32. The van der Waals surface area contributed by atoms with Crippen molar-refractivity contribution in [1.29, 1.82) is 0 Å². The molecule has 90 valence electrons. The number of carbonyl (C=O) groups excluding carboxylic acids is 1. The molecule has 0 radical (unpaired) electrons. The predicted molar refractivity (Wildman–Crippen MR) is 66.3 cm³/mol. The Morgan fingerprint density at radius 2 is 2.18 bits per heavy atom. The Morgan fingerprint density at radius 3 is 2.88 bits per heavy atom. The number of rotatable bonds is 1. The standard InChI is InChI=1S/C13H14ClNO2/c14-11-7-8(15-5-1-2-13(15)17)6-10-9(11)3-4-12(10)16/h6-7,12,16H,1-5H2. The molecule has 4 heteroatoms. The van der Waals surface area contributed by atoms with Crippen molar-refractivity contribution in [3.05, 3.63) is 28.3 Å². The van der Waals surface area contributed by atoms with Gasteiger partial charge in [-0.2, -0.15) is 0 Å². The molecule has 1 aliphatic carbocycles. The van der Waals surface area contributed by atoms with Crippen molar-refractivity contribution in [2.24, 2.45) is 0 Å². The van der Waals surface area contributed by atoms with Gasteiger partial charge in [0.1, 0.15) is 0 Å². The minimum Gasteiger partial charge on any atom is -0.388 e. The van der Waals surface area contributed by atoms with Crippen molar-refractivity contribution >= 4 is 23.2 Å². The molecule has 17 heavy (non-hydrogen) atoms. The third-order valence-electron chi connectivity index (χ3n) is 3.63. The molecule has 1 heterocycles. The zero-order valence-electron chi connectivity index (χ0n) is 9.45. The molecule has 1 atom stereocenters. The Hall–Kier alpha value is -1.06. The molecule has 2 aliphatic rings. The third-order valence-corrected chi connectivity index (χ3v) is 3.96. The fourth-order valence-electron chi connectivity index (χ4n) is 2.72. The van der Waals surface area contributed by atoms with E-state index in [0.29, 0.717) is 11.4 Å². The molecule has 0 aromatic heterocycles. The number of anilines is 1. The van der Waals surface area contributed by atoms with E-state index in [1.54, 1.807) is 4.90 Å². The van der Waals surface area contributed by atoms with Crippen LogP contribution in [0, 0.1) is 0 Å². The topological polar surface area (TPSA) is 40.5 Å². The monoisotopic (exact) mass is 251 g/mol. The molecule has 1 unspecified atom stereocenters. The first-order valence-electron chi connectivity index (χ1n) is 5.97. The Bertz CT molecular complexity index is 487. The van der Waals surface area contributed by atoms with E-state index in [0.717, 1.165) is 42.6 Å². The van der Waals surface area contributed by atoms with Gasteiger partial charge in [0, 0.05) is 23.7 Å². The number of nitrogens with zero attached hydrogens (tertiary/aromatic N) is 1. The fraction of sp³-hybridized carbons (Fsp3) is 0.462. The quantitative estimate of drug-likeness (QED) is 0.833. The number of aliphatic hydroxyl groups is 1. The van der Waals surface area contributed by atoms with Crippen LogP contribution in [0.5, 0.6) is 0 Å². The molecule has 3 nitrogen and oxygen atoms in total. The summed E-state index contributed by atoms with van der Waals surface area (Å²) in [6.07, 6.45) is 2.63. The zero-order valence-corrected chi connectivity index (χ0v) is 10.2. The van der Waals surface area contributed by atoms with Gasteiger partial charge in [-0.3, -0.25) is 4.79 Å². The van der Waals surface area contributed by atoms with E-state index in [1.807, 2.05) is 12.1 Å². The maximum atomic E-state index is 11.7. The SMILES string of the molecule is O=C1CCCN1c1cc(Cl)c2c(c1)C(O)CC2. The summed E-state index contributed by atoms with van der Waals surface area (Å²) < 4.78 is 0. The second kappa shape index (κ2) is 4.00. The lowest BCUT2D eigenvalue weighted by Gasteiger charge is -2.18. The van der Waals surface area contributed by atoms with Crippen LogP contribution in [0.4, 0.5) is 5.69 Å². The normalized spacial score (nSPS) is 23.3. The van der Waals surface area contributed by atoms with Gasteiger partial charge < -0.3 is 10.0 Å². The van der Waals surface area contributed by atoms with Crippen molar-refractivity contribution < 1.29 is 9.90 Å². The van der Waals surface area contributed by atoms with E-state index in [4.69, 9.17) is 11.6 Å². The largest absolute Gasteiger partial charge is 0.388 e. The van der Waals surface area contributed by atoms with Gasteiger partial charge in [0.05, 0.1) is 6.10 Å². The second-order valence-electron chi connectivity index (χ2n) is 4.70. The van der Waals surface area contributed by atoms with Crippen LogP contribution in [0.25, 0.3) is 0 Å². The van der Waals surface area contributed by atoms with Gasteiger partial charge >= 0.3 is 0 Å². The third kappa shape index (κ3) is 1.74. The molecular formula is C13H14ClNO2. The van der Waals surface area contributed by atoms with Gasteiger partial charge in [0.25, 0.3) is 0 Å². The first-order valence-corrected chi connectivity index (χ1v) is 6.35. The van der Waals surface area contributed by atoms with Gasteiger partial charge in [0.15, 0.2) is 0 Å². The molecule has 1 aromatic carbocycles. The van der Waals surface area contributed by atoms with E-state index in [9.17, 15) is 9.90 Å². The molecule has 1 fully saturated rings. The lowest BCUT2D eigenvalue weighted by atomic mass is 10.1. The van der Waals surface area contributed by atoms with Crippen LogP contribution < -0.4 is 4.90 Å². The second-order valence-corrected chi connectivity index (χ2v) is 5.11. The van der Waals surface area contributed by atoms with Gasteiger partial charge in [0.2, 0.25) is 5.91 Å². The van der Waals surface area contributed by atoms with Gasteiger partial charge in [-0.15, -0.1) is 0 Å². The number of hydrogen-bond acceptors (Lipinski definition) is 2. The number of amides is 1. The van der Waals surface area contributed by atoms with E-state index in [1.165, 1.54) is 0 Å². The lowest BCUT2D eigenvalue weighted by molar-refractivity contribution is -0.117. The first-order chi connectivity index (χ1) is 8.16. The molecule has 1 saturated heterocycles. The predicted octanol–water partition coefficient (Wildman–Crippen LogP) is 2.45. The Balaban J connectivity index is 2.05. The summed E-state index contributed by atoms with van der Waals surface area (Å²) >= 11 is 6.22. The van der Waals surface area contributed by atoms with Crippen molar-refractivity contribution in [2.45, 2.75) is 31.8 Å². The van der Waals surface area contributed by atoms with Crippen LogP contribution >= 0.6 is 11.6 Å². The Kier molecular flexibility index (Phi) is 2.60. The average molecular weight is 252 g/mol. The number of hydrogen-bond donors (Lipinski definition) is 1. The van der Waals surface area contributed by atoms with Gasteiger partial charge in [-0.05, 0) is 42.5 Å². The van der Waals surface area contributed by atoms with Crippen LogP contribution in [-0.4, -0.2) is 17.6 Å². The number of carbonyl (C=O) groups is 1. The summed E-state index contributed by atoms with van der Waals surface area (Å²) in [5.41, 5.74) is 2.76. The molecule has 3 rings (SSSR count). The molecule has 0 saturated carbocycles. The average Bonchev–Trinajstić information content (AvgIpc) is 2.86. The smallest absolute Gasteiger partial charge is 0.227 e. The minimum atomic E-state index is -0.430. The summed E-state index contributed by atoms with van der Waals surface area (Å²) in [6.45, 7) is 0.754. The highest BCUT2D eigenvalue weighted by Crippen LogP contribution is 2.39.